The lowest BCUT2D eigenvalue weighted by Crippen LogP contribution is -2.05. The van der Waals surface area contributed by atoms with Gasteiger partial charge in [-0.15, -0.1) is 0 Å². The molecule has 0 atom stereocenters. The fourth-order valence-electron chi connectivity index (χ4n) is 2.96. The van der Waals surface area contributed by atoms with Crippen LogP contribution in [0.2, 0.25) is 0 Å². The molecule has 0 saturated heterocycles. The number of aromatic nitrogens is 2. The van der Waals surface area contributed by atoms with Crippen LogP contribution in [0.5, 0.6) is 5.75 Å². The van der Waals surface area contributed by atoms with Crippen molar-refractivity contribution in [3.05, 3.63) is 84.4 Å². The van der Waals surface area contributed by atoms with E-state index in [1.165, 1.54) is 0 Å². The van der Waals surface area contributed by atoms with Crippen LogP contribution in [-0.2, 0) is 6.54 Å². The van der Waals surface area contributed by atoms with Crippen LogP contribution >= 0.6 is 0 Å². The van der Waals surface area contributed by atoms with Gasteiger partial charge >= 0.3 is 0 Å². The molecule has 1 aromatic heterocycles. The molecule has 3 aromatic carbocycles. The number of rotatable bonds is 5. The van der Waals surface area contributed by atoms with E-state index in [2.05, 4.69) is 5.32 Å². The molecule has 0 aliphatic rings. The van der Waals surface area contributed by atoms with Crippen LogP contribution in [-0.4, -0.2) is 17.1 Å². The topological polar surface area (TPSA) is 47.0 Å². The summed E-state index contributed by atoms with van der Waals surface area (Å²) in [6.45, 7) is 0.624. The number of methoxy groups -OCH3 is 1. The number of ether oxygens (including phenoxy) is 1. The van der Waals surface area contributed by atoms with Gasteiger partial charge in [0.1, 0.15) is 11.6 Å². The van der Waals surface area contributed by atoms with E-state index in [0.29, 0.717) is 12.4 Å². The van der Waals surface area contributed by atoms with E-state index in [9.17, 15) is 0 Å². The van der Waals surface area contributed by atoms with Crippen molar-refractivity contribution in [1.82, 2.24) is 9.97 Å². The largest absolute Gasteiger partial charge is 0.496 e. The Morgan fingerprint density at radius 1 is 0.808 bits per heavy atom. The van der Waals surface area contributed by atoms with Crippen molar-refractivity contribution >= 4 is 16.7 Å². The number of fused-ring (bicyclic) bond motifs is 1. The molecule has 0 fully saturated rings. The summed E-state index contributed by atoms with van der Waals surface area (Å²) >= 11 is 0. The maximum absolute atomic E-state index is 5.44. The second kappa shape index (κ2) is 7.23. The van der Waals surface area contributed by atoms with Crippen molar-refractivity contribution in [2.75, 3.05) is 12.4 Å². The van der Waals surface area contributed by atoms with Crippen LogP contribution < -0.4 is 10.1 Å². The molecule has 0 aliphatic heterocycles. The van der Waals surface area contributed by atoms with E-state index in [0.717, 1.165) is 33.6 Å². The third-order valence-electron chi connectivity index (χ3n) is 4.27. The molecular weight excluding hydrogens is 322 g/mol. The van der Waals surface area contributed by atoms with E-state index in [4.69, 9.17) is 14.7 Å². The van der Waals surface area contributed by atoms with Gasteiger partial charge in [-0.3, -0.25) is 0 Å². The molecule has 0 bridgehead atoms. The lowest BCUT2D eigenvalue weighted by atomic mass is 10.1. The average molecular weight is 341 g/mol. The van der Waals surface area contributed by atoms with Crippen LogP contribution in [0, 0.1) is 0 Å². The first-order chi connectivity index (χ1) is 12.8. The summed E-state index contributed by atoms with van der Waals surface area (Å²) < 4.78 is 5.44. The summed E-state index contributed by atoms with van der Waals surface area (Å²) in [7, 11) is 1.69. The molecule has 0 saturated carbocycles. The Morgan fingerprint density at radius 2 is 1.54 bits per heavy atom. The van der Waals surface area contributed by atoms with Crippen molar-refractivity contribution in [2.45, 2.75) is 6.54 Å². The summed E-state index contributed by atoms with van der Waals surface area (Å²) in [5.41, 5.74) is 3.00. The first-order valence-electron chi connectivity index (χ1n) is 8.53. The van der Waals surface area contributed by atoms with Gasteiger partial charge in [0.2, 0.25) is 0 Å². The number of hydrogen-bond acceptors (Lipinski definition) is 4. The first-order valence-corrected chi connectivity index (χ1v) is 8.53. The standard InChI is InChI=1S/C22H19N3O/c1-26-20-14-8-5-11-17(20)15-23-22-18-12-6-7-13-19(18)24-21(25-22)16-9-3-2-4-10-16/h2-14H,15H2,1H3,(H,23,24,25). The van der Waals surface area contributed by atoms with Gasteiger partial charge in [-0.25, -0.2) is 9.97 Å². The van der Waals surface area contributed by atoms with Gasteiger partial charge in [0.25, 0.3) is 0 Å². The van der Waals surface area contributed by atoms with Gasteiger partial charge in [0, 0.05) is 23.1 Å². The quantitative estimate of drug-likeness (QED) is 0.560. The number of benzene rings is 3. The number of anilines is 1. The second-order valence-electron chi connectivity index (χ2n) is 5.94. The Kier molecular flexibility index (Phi) is 4.48. The van der Waals surface area contributed by atoms with E-state index in [1.54, 1.807) is 7.11 Å². The lowest BCUT2D eigenvalue weighted by Gasteiger charge is -2.13. The zero-order chi connectivity index (χ0) is 17.8. The molecule has 0 amide bonds. The molecule has 26 heavy (non-hydrogen) atoms. The first kappa shape index (κ1) is 16.1. The highest BCUT2D eigenvalue weighted by Crippen LogP contribution is 2.26. The van der Waals surface area contributed by atoms with Gasteiger partial charge < -0.3 is 10.1 Å². The monoisotopic (exact) mass is 341 g/mol. The average Bonchev–Trinajstić information content (AvgIpc) is 2.72. The summed E-state index contributed by atoms with van der Waals surface area (Å²) in [5.74, 6) is 2.40. The minimum absolute atomic E-state index is 0.624. The SMILES string of the molecule is COc1ccccc1CNc1nc(-c2ccccc2)nc2ccccc12. The van der Waals surface area contributed by atoms with Crippen molar-refractivity contribution in [3.63, 3.8) is 0 Å². The minimum Gasteiger partial charge on any atom is -0.496 e. The van der Waals surface area contributed by atoms with Crippen LogP contribution in [0.4, 0.5) is 5.82 Å². The normalized spacial score (nSPS) is 10.7. The number of nitrogens with zero attached hydrogens (tertiary/aromatic N) is 2. The summed E-state index contributed by atoms with van der Waals surface area (Å²) in [4.78, 5) is 9.50. The van der Waals surface area contributed by atoms with Crippen molar-refractivity contribution in [1.29, 1.82) is 0 Å². The number of nitrogens with one attached hydrogen (secondary N) is 1. The Balaban J connectivity index is 1.73. The summed E-state index contributed by atoms with van der Waals surface area (Å²) in [6.07, 6.45) is 0. The number of hydrogen-bond donors (Lipinski definition) is 1. The van der Waals surface area contributed by atoms with Gasteiger partial charge in [-0.2, -0.15) is 0 Å². The molecule has 0 spiro atoms. The van der Waals surface area contributed by atoms with E-state index >= 15 is 0 Å². The minimum atomic E-state index is 0.624. The molecule has 0 aliphatic carbocycles. The van der Waals surface area contributed by atoms with Crippen LogP contribution in [0.3, 0.4) is 0 Å². The van der Waals surface area contributed by atoms with Crippen LogP contribution in [0.1, 0.15) is 5.56 Å². The molecular formula is C22H19N3O. The zero-order valence-corrected chi connectivity index (χ0v) is 14.5. The molecule has 1 N–H and O–H groups in total. The molecule has 4 rings (SSSR count). The molecule has 4 heteroatoms. The molecule has 0 radical (unpaired) electrons. The van der Waals surface area contributed by atoms with E-state index < -0.39 is 0 Å². The third kappa shape index (κ3) is 3.22. The molecule has 0 unspecified atom stereocenters. The summed E-state index contributed by atoms with van der Waals surface area (Å²) in [6, 6.07) is 26.1. The molecule has 4 nitrogen and oxygen atoms in total. The van der Waals surface area contributed by atoms with Gasteiger partial charge in [-0.05, 0) is 18.2 Å². The van der Waals surface area contributed by atoms with Crippen molar-refractivity contribution in [3.8, 4) is 17.1 Å². The van der Waals surface area contributed by atoms with E-state index in [-0.39, 0.29) is 0 Å². The van der Waals surface area contributed by atoms with Crippen molar-refractivity contribution in [2.24, 2.45) is 0 Å². The molecule has 4 aromatic rings. The maximum Gasteiger partial charge on any atom is 0.162 e. The van der Waals surface area contributed by atoms with Gasteiger partial charge in [0.05, 0.1) is 12.6 Å². The highest BCUT2D eigenvalue weighted by atomic mass is 16.5. The fraction of sp³-hybridized carbons (Fsp3) is 0.0909. The molecule has 1 heterocycles. The Bertz CT molecular complexity index is 1030. The van der Waals surface area contributed by atoms with Crippen LogP contribution in [0.25, 0.3) is 22.3 Å². The van der Waals surface area contributed by atoms with Gasteiger partial charge in [0.15, 0.2) is 5.82 Å². The predicted molar refractivity (Wildman–Crippen MR) is 105 cm³/mol. The predicted octanol–water partition coefficient (Wildman–Crippen LogP) is 4.92. The van der Waals surface area contributed by atoms with Crippen LogP contribution in [0.15, 0.2) is 78.9 Å². The molecule has 128 valence electrons. The fourth-order valence-corrected chi connectivity index (χ4v) is 2.96. The van der Waals surface area contributed by atoms with E-state index in [1.807, 2.05) is 78.9 Å². The summed E-state index contributed by atoms with van der Waals surface area (Å²) in [5, 5.41) is 4.46. The zero-order valence-electron chi connectivity index (χ0n) is 14.5. The maximum atomic E-state index is 5.44. The number of para-hydroxylation sites is 2. The lowest BCUT2D eigenvalue weighted by molar-refractivity contribution is 0.410. The van der Waals surface area contributed by atoms with Gasteiger partial charge in [-0.1, -0.05) is 60.7 Å². The third-order valence-corrected chi connectivity index (χ3v) is 4.27. The Morgan fingerprint density at radius 3 is 2.38 bits per heavy atom. The highest BCUT2D eigenvalue weighted by Gasteiger charge is 2.10. The highest BCUT2D eigenvalue weighted by molar-refractivity contribution is 5.90. The second-order valence-corrected chi connectivity index (χ2v) is 5.94. The Labute approximate surface area is 152 Å². The smallest absolute Gasteiger partial charge is 0.162 e. The van der Waals surface area contributed by atoms with Crippen molar-refractivity contribution < 1.29 is 4.74 Å². The Hall–Kier alpha value is -3.40.